The fraction of sp³-hybridized carbons (Fsp3) is 0.500. The maximum atomic E-state index is 13.2. The van der Waals surface area contributed by atoms with Crippen molar-refractivity contribution in [1.29, 1.82) is 0 Å². The molecule has 0 aliphatic carbocycles. The van der Waals surface area contributed by atoms with Gasteiger partial charge >= 0.3 is 5.97 Å². The third-order valence-electron chi connectivity index (χ3n) is 2.91. The van der Waals surface area contributed by atoms with Gasteiger partial charge in [0.05, 0.1) is 13.5 Å². The normalized spacial score (nSPS) is 11.3. The van der Waals surface area contributed by atoms with Crippen molar-refractivity contribution in [2.24, 2.45) is 0 Å². The van der Waals surface area contributed by atoms with Gasteiger partial charge in [-0.2, -0.15) is 0 Å². The third kappa shape index (κ3) is 4.45. The molecule has 1 N–H and O–H groups in total. The van der Waals surface area contributed by atoms with Crippen LogP contribution in [0.15, 0.2) is 24.3 Å². The fourth-order valence-corrected chi connectivity index (χ4v) is 1.70. The van der Waals surface area contributed by atoms with Crippen molar-refractivity contribution in [1.82, 2.24) is 5.32 Å². The maximum absolute atomic E-state index is 13.2. The van der Waals surface area contributed by atoms with Crippen molar-refractivity contribution in [3.05, 3.63) is 35.6 Å². The summed E-state index contributed by atoms with van der Waals surface area (Å²) >= 11 is 0. The van der Waals surface area contributed by atoms with Crippen LogP contribution in [0.5, 0.6) is 0 Å². The Labute approximate surface area is 107 Å². The highest BCUT2D eigenvalue weighted by molar-refractivity contribution is 5.69. The molecule has 1 aromatic carbocycles. The van der Waals surface area contributed by atoms with Gasteiger partial charge < -0.3 is 10.1 Å². The predicted molar refractivity (Wildman–Crippen MR) is 68.9 cm³/mol. The van der Waals surface area contributed by atoms with Gasteiger partial charge in [0.25, 0.3) is 0 Å². The zero-order valence-electron chi connectivity index (χ0n) is 11.1. The van der Waals surface area contributed by atoms with E-state index in [1.54, 1.807) is 12.1 Å². The smallest absolute Gasteiger partial charge is 0.306 e. The Morgan fingerprint density at radius 3 is 2.78 bits per heavy atom. The van der Waals surface area contributed by atoms with E-state index >= 15 is 0 Å². The lowest BCUT2D eigenvalue weighted by Gasteiger charge is -2.25. The predicted octanol–water partition coefficient (Wildman–Crippen LogP) is 2.26. The highest BCUT2D eigenvalue weighted by Gasteiger charge is 2.20. The number of esters is 1. The summed E-state index contributed by atoms with van der Waals surface area (Å²) in [5.41, 5.74) is 0.756. The third-order valence-corrected chi connectivity index (χ3v) is 2.91. The molecule has 1 aromatic rings. The van der Waals surface area contributed by atoms with E-state index in [1.165, 1.54) is 13.2 Å². The Morgan fingerprint density at radius 2 is 2.17 bits per heavy atom. The minimum Gasteiger partial charge on any atom is -0.469 e. The quantitative estimate of drug-likeness (QED) is 0.624. The molecule has 0 unspecified atom stereocenters. The van der Waals surface area contributed by atoms with Crippen LogP contribution in [-0.4, -0.2) is 26.2 Å². The number of hydrogen-bond acceptors (Lipinski definition) is 3. The van der Waals surface area contributed by atoms with Crippen LogP contribution in [0.4, 0.5) is 4.39 Å². The second-order valence-corrected chi connectivity index (χ2v) is 4.90. The standard InChI is InChI=1S/C14H20FNO2/c1-14(2,10-16-8-7-13(17)18-3)11-5-4-6-12(15)9-11/h4-6,9,16H,7-8,10H2,1-3H3. The molecule has 0 radical (unpaired) electrons. The van der Waals surface area contributed by atoms with Gasteiger partial charge in [-0.25, -0.2) is 4.39 Å². The number of carbonyl (C=O) groups excluding carboxylic acids is 1. The Morgan fingerprint density at radius 1 is 1.44 bits per heavy atom. The van der Waals surface area contributed by atoms with Crippen molar-refractivity contribution in [2.75, 3.05) is 20.2 Å². The van der Waals surface area contributed by atoms with E-state index < -0.39 is 0 Å². The molecule has 18 heavy (non-hydrogen) atoms. The van der Waals surface area contributed by atoms with Crippen LogP contribution in [0.2, 0.25) is 0 Å². The molecule has 0 atom stereocenters. The lowest BCUT2D eigenvalue weighted by Crippen LogP contribution is -2.34. The Bertz CT molecular complexity index is 405. The number of rotatable bonds is 6. The number of methoxy groups -OCH3 is 1. The first-order valence-electron chi connectivity index (χ1n) is 5.99. The molecule has 1 rings (SSSR count). The highest BCUT2D eigenvalue weighted by Crippen LogP contribution is 2.22. The lowest BCUT2D eigenvalue weighted by molar-refractivity contribution is -0.140. The first kappa shape index (κ1) is 14.6. The van der Waals surface area contributed by atoms with Gasteiger partial charge in [0.15, 0.2) is 0 Å². The van der Waals surface area contributed by atoms with E-state index in [2.05, 4.69) is 10.1 Å². The zero-order chi connectivity index (χ0) is 13.6. The molecule has 0 fully saturated rings. The van der Waals surface area contributed by atoms with Crippen LogP contribution < -0.4 is 5.32 Å². The topological polar surface area (TPSA) is 38.3 Å². The first-order valence-corrected chi connectivity index (χ1v) is 5.99. The van der Waals surface area contributed by atoms with Gasteiger partial charge in [0.1, 0.15) is 5.82 Å². The molecule has 0 saturated heterocycles. The summed E-state index contributed by atoms with van der Waals surface area (Å²) in [6.45, 7) is 5.30. The van der Waals surface area contributed by atoms with Crippen molar-refractivity contribution < 1.29 is 13.9 Å². The van der Waals surface area contributed by atoms with Gasteiger partial charge in [-0.3, -0.25) is 4.79 Å². The van der Waals surface area contributed by atoms with Crippen molar-refractivity contribution in [3.63, 3.8) is 0 Å². The summed E-state index contributed by atoms with van der Waals surface area (Å²) in [5.74, 6) is -0.457. The molecule has 0 aromatic heterocycles. The molecular weight excluding hydrogens is 233 g/mol. The minimum atomic E-state index is -0.230. The van der Waals surface area contributed by atoms with E-state index in [-0.39, 0.29) is 17.2 Å². The van der Waals surface area contributed by atoms with Gasteiger partial charge in [0, 0.05) is 18.5 Å². The van der Waals surface area contributed by atoms with E-state index in [4.69, 9.17) is 0 Å². The molecule has 4 heteroatoms. The summed E-state index contributed by atoms with van der Waals surface area (Å²) < 4.78 is 17.7. The summed E-state index contributed by atoms with van der Waals surface area (Å²) in [7, 11) is 1.37. The van der Waals surface area contributed by atoms with Crippen LogP contribution in [0.1, 0.15) is 25.8 Å². The monoisotopic (exact) mass is 253 g/mol. The first-order chi connectivity index (χ1) is 8.45. The molecular formula is C14H20FNO2. The Balaban J connectivity index is 2.47. The fourth-order valence-electron chi connectivity index (χ4n) is 1.70. The number of halogens is 1. The summed E-state index contributed by atoms with van der Waals surface area (Å²) in [6.07, 6.45) is 0.343. The second kappa shape index (κ2) is 6.50. The van der Waals surface area contributed by atoms with Crippen molar-refractivity contribution >= 4 is 5.97 Å². The van der Waals surface area contributed by atoms with Gasteiger partial charge in [-0.15, -0.1) is 0 Å². The largest absolute Gasteiger partial charge is 0.469 e. The molecule has 0 bridgehead atoms. The van der Waals surface area contributed by atoms with E-state index in [0.29, 0.717) is 19.5 Å². The van der Waals surface area contributed by atoms with Gasteiger partial charge in [0.2, 0.25) is 0 Å². The average molecular weight is 253 g/mol. The number of ether oxygens (including phenoxy) is 1. The average Bonchev–Trinajstić information content (AvgIpc) is 2.34. The summed E-state index contributed by atoms with van der Waals surface area (Å²) in [4.78, 5) is 10.9. The van der Waals surface area contributed by atoms with Crippen LogP contribution in [0, 0.1) is 5.82 Å². The van der Waals surface area contributed by atoms with Crippen LogP contribution in [0.3, 0.4) is 0 Å². The Hall–Kier alpha value is -1.42. The SMILES string of the molecule is COC(=O)CCNCC(C)(C)c1cccc(F)c1. The maximum Gasteiger partial charge on any atom is 0.306 e. The van der Waals surface area contributed by atoms with Crippen molar-refractivity contribution in [2.45, 2.75) is 25.7 Å². The molecule has 0 aliphatic heterocycles. The number of nitrogens with one attached hydrogen (secondary N) is 1. The van der Waals surface area contributed by atoms with E-state index in [0.717, 1.165) is 5.56 Å². The summed E-state index contributed by atoms with van der Waals surface area (Å²) in [5, 5.41) is 3.19. The minimum absolute atomic E-state index is 0.182. The van der Waals surface area contributed by atoms with Gasteiger partial charge in [-0.1, -0.05) is 26.0 Å². The molecule has 3 nitrogen and oxygen atoms in total. The molecule has 0 heterocycles. The zero-order valence-corrected chi connectivity index (χ0v) is 11.1. The number of hydrogen-bond donors (Lipinski definition) is 1. The number of benzene rings is 1. The molecule has 0 spiro atoms. The van der Waals surface area contributed by atoms with E-state index in [1.807, 2.05) is 19.9 Å². The number of carbonyl (C=O) groups is 1. The molecule has 100 valence electrons. The van der Waals surface area contributed by atoms with Crippen molar-refractivity contribution in [3.8, 4) is 0 Å². The second-order valence-electron chi connectivity index (χ2n) is 4.90. The van der Waals surface area contributed by atoms with Gasteiger partial charge in [-0.05, 0) is 17.7 Å². The highest BCUT2D eigenvalue weighted by atomic mass is 19.1. The molecule has 0 aliphatic rings. The lowest BCUT2D eigenvalue weighted by atomic mass is 9.84. The molecule has 0 saturated carbocycles. The van der Waals surface area contributed by atoms with Crippen LogP contribution in [0.25, 0.3) is 0 Å². The Kier molecular flexibility index (Phi) is 5.28. The van der Waals surface area contributed by atoms with Crippen LogP contribution in [-0.2, 0) is 14.9 Å². The van der Waals surface area contributed by atoms with E-state index in [9.17, 15) is 9.18 Å². The van der Waals surface area contributed by atoms with Crippen LogP contribution >= 0.6 is 0 Å². The summed E-state index contributed by atoms with van der Waals surface area (Å²) in [6, 6.07) is 6.60. The molecule has 0 amide bonds.